The second-order valence-electron chi connectivity index (χ2n) is 6.57. The first-order valence-electron chi connectivity index (χ1n) is 9.28. The summed E-state index contributed by atoms with van der Waals surface area (Å²) in [5.41, 5.74) is 3.95. The normalized spacial score (nSPS) is 11.1. The molecule has 4 aromatic rings. The third-order valence-corrected chi connectivity index (χ3v) is 5.56. The van der Waals surface area contributed by atoms with Crippen molar-refractivity contribution in [3.8, 4) is 17.2 Å². The summed E-state index contributed by atoms with van der Waals surface area (Å²) in [6, 6.07) is 13.1. The summed E-state index contributed by atoms with van der Waals surface area (Å²) in [6.45, 7) is 6.43. The summed E-state index contributed by atoms with van der Waals surface area (Å²) in [5.74, 6) is 1.62. The second-order valence-corrected chi connectivity index (χ2v) is 7.49. The molecule has 0 fully saturated rings. The Labute approximate surface area is 171 Å². The third-order valence-electron chi connectivity index (χ3n) is 4.69. The van der Waals surface area contributed by atoms with Crippen LogP contribution in [0.1, 0.15) is 23.6 Å². The van der Waals surface area contributed by atoms with Gasteiger partial charge in [0.2, 0.25) is 0 Å². The first-order chi connectivity index (χ1) is 14.1. The number of nitrogens with zero attached hydrogens (tertiary/aromatic N) is 2. The van der Waals surface area contributed by atoms with Gasteiger partial charge in [0.15, 0.2) is 0 Å². The molecule has 6 nitrogen and oxygen atoms in total. The van der Waals surface area contributed by atoms with Crippen LogP contribution in [0.25, 0.3) is 22.4 Å². The Morgan fingerprint density at radius 1 is 1.07 bits per heavy atom. The summed E-state index contributed by atoms with van der Waals surface area (Å²) in [5, 5.41) is 9.63. The number of aryl methyl sites for hydroxylation is 2. The highest BCUT2D eigenvalue weighted by Gasteiger charge is 2.15. The summed E-state index contributed by atoms with van der Waals surface area (Å²) in [7, 11) is 0. The Hall–Kier alpha value is -3.06. The maximum absolute atomic E-state index is 12.0. The van der Waals surface area contributed by atoms with Crippen LogP contribution < -0.4 is 10.4 Å². The van der Waals surface area contributed by atoms with Crippen molar-refractivity contribution in [1.82, 2.24) is 10.2 Å². The van der Waals surface area contributed by atoms with Crippen molar-refractivity contribution in [1.29, 1.82) is 0 Å². The molecule has 0 spiro atoms. The quantitative estimate of drug-likeness (QED) is 0.322. The fraction of sp³-hybridized carbons (Fsp3) is 0.227. The number of ether oxygens (including phenoxy) is 1. The molecule has 2 heterocycles. The lowest BCUT2D eigenvalue weighted by atomic mass is 10.0. The number of para-hydroxylation sites is 1. The van der Waals surface area contributed by atoms with Gasteiger partial charge in [-0.25, -0.2) is 4.79 Å². The van der Waals surface area contributed by atoms with Crippen LogP contribution in [-0.2, 0) is 5.75 Å². The molecule has 0 radical (unpaired) electrons. The molecule has 0 amide bonds. The number of fused-ring (bicyclic) bond motifs is 1. The van der Waals surface area contributed by atoms with E-state index in [-0.39, 0.29) is 5.63 Å². The highest BCUT2D eigenvalue weighted by molar-refractivity contribution is 7.98. The highest BCUT2D eigenvalue weighted by Crippen LogP contribution is 2.32. The largest absolute Gasteiger partial charge is 0.493 e. The molecule has 2 aromatic heterocycles. The molecule has 0 saturated heterocycles. The van der Waals surface area contributed by atoms with E-state index in [4.69, 9.17) is 13.6 Å². The average molecular weight is 408 g/mol. The van der Waals surface area contributed by atoms with Gasteiger partial charge in [-0.15, -0.1) is 10.2 Å². The number of hydrogen-bond acceptors (Lipinski definition) is 7. The molecule has 0 bridgehead atoms. The second kappa shape index (κ2) is 8.13. The number of benzene rings is 2. The lowest BCUT2D eigenvalue weighted by molar-refractivity contribution is 0.340. The van der Waals surface area contributed by atoms with Crippen LogP contribution >= 0.6 is 11.8 Å². The van der Waals surface area contributed by atoms with Gasteiger partial charge in [-0.05, 0) is 49.6 Å². The summed E-state index contributed by atoms with van der Waals surface area (Å²) < 4.78 is 16.9. The third kappa shape index (κ3) is 3.91. The standard InChI is InChI=1S/C22H20N2O4S/c1-4-26-18-8-6-5-7-17(18)21-23-24-22(28-21)29-12-15-11-19(25)27-20-14(3)13(2)9-10-16(15)20/h5-11H,4,12H2,1-3H3. The molecule has 0 aliphatic heterocycles. The Morgan fingerprint density at radius 3 is 2.72 bits per heavy atom. The lowest BCUT2D eigenvalue weighted by Gasteiger charge is -2.08. The minimum atomic E-state index is -0.362. The van der Waals surface area contributed by atoms with Crippen LogP contribution in [-0.4, -0.2) is 16.8 Å². The highest BCUT2D eigenvalue weighted by atomic mass is 32.2. The van der Waals surface area contributed by atoms with Gasteiger partial charge in [-0.3, -0.25) is 0 Å². The zero-order valence-corrected chi connectivity index (χ0v) is 17.2. The van der Waals surface area contributed by atoms with Gasteiger partial charge in [-0.2, -0.15) is 0 Å². The van der Waals surface area contributed by atoms with Gasteiger partial charge >= 0.3 is 5.63 Å². The summed E-state index contributed by atoms with van der Waals surface area (Å²) >= 11 is 1.38. The van der Waals surface area contributed by atoms with Crippen LogP contribution in [0, 0.1) is 13.8 Å². The fourth-order valence-corrected chi connectivity index (χ4v) is 3.84. The Bertz CT molecular complexity index is 1230. The zero-order valence-electron chi connectivity index (χ0n) is 16.4. The molecule has 0 unspecified atom stereocenters. The minimum Gasteiger partial charge on any atom is -0.493 e. The molecule has 4 rings (SSSR count). The van der Waals surface area contributed by atoms with E-state index in [1.807, 2.05) is 57.2 Å². The van der Waals surface area contributed by atoms with Gasteiger partial charge in [0, 0.05) is 17.2 Å². The molecular weight excluding hydrogens is 388 g/mol. The molecule has 0 atom stereocenters. The monoisotopic (exact) mass is 408 g/mol. The predicted molar refractivity (Wildman–Crippen MR) is 112 cm³/mol. The van der Waals surface area contributed by atoms with E-state index < -0.39 is 0 Å². The van der Waals surface area contributed by atoms with Gasteiger partial charge in [0.05, 0.1) is 12.2 Å². The van der Waals surface area contributed by atoms with E-state index >= 15 is 0 Å². The van der Waals surface area contributed by atoms with Crippen molar-refractivity contribution >= 4 is 22.7 Å². The predicted octanol–water partition coefficient (Wildman–Crippen LogP) is 5.15. The first-order valence-corrected chi connectivity index (χ1v) is 10.3. The fourth-order valence-electron chi connectivity index (χ4n) is 3.09. The van der Waals surface area contributed by atoms with Crippen molar-refractivity contribution in [2.24, 2.45) is 0 Å². The zero-order chi connectivity index (χ0) is 20.4. The van der Waals surface area contributed by atoms with E-state index in [2.05, 4.69) is 10.2 Å². The number of thioether (sulfide) groups is 1. The molecule has 148 valence electrons. The average Bonchev–Trinajstić information content (AvgIpc) is 3.19. The Balaban J connectivity index is 1.60. The van der Waals surface area contributed by atoms with E-state index in [0.29, 0.717) is 34.8 Å². The number of rotatable bonds is 6. The van der Waals surface area contributed by atoms with Crippen molar-refractivity contribution in [2.45, 2.75) is 31.7 Å². The van der Waals surface area contributed by atoms with Crippen LogP contribution in [0.5, 0.6) is 5.75 Å². The topological polar surface area (TPSA) is 78.4 Å². The molecule has 7 heteroatoms. The number of aromatic nitrogens is 2. The minimum absolute atomic E-state index is 0.362. The SMILES string of the molecule is CCOc1ccccc1-c1nnc(SCc2cc(=O)oc3c(C)c(C)ccc23)o1. The van der Waals surface area contributed by atoms with E-state index in [1.165, 1.54) is 17.8 Å². The molecule has 2 aromatic carbocycles. The van der Waals surface area contributed by atoms with E-state index in [9.17, 15) is 4.79 Å². The molecular formula is C22H20N2O4S. The van der Waals surface area contributed by atoms with Crippen LogP contribution in [0.3, 0.4) is 0 Å². The van der Waals surface area contributed by atoms with E-state index in [1.54, 1.807) is 0 Å². The Morgan fingerprint density at radius 2 is 1.90 bits per heavy atom. The van der Waals surface area contributed by atoms with Crippen LogP contribution in [0.2, 0.25) is 0 Å². The van der Waals surface area contributed by atoms with E-state index in [0.717, 1.165) is 27.6 Å². The van der Waals surface area contributed by atoms with Crippen molar-refractivity contribution < 1.29 is 13.6 Å². The van der Waals surface area contributed by atoms with Gasteiger partial charge in [-0.1, -0.05) is 36.0 Å². The van der Waals surface area contributed by atoms with Crippen molar-refractivity contribution in [3.05, 3.63) is 69.6 Å². The summed E-state index contributed by atoms with van der Waals surface area (Å²) in [4.78, 5) is 12.0. The maximum Gasteiger partial charge on any atom is 0.336 e. The number of hydrogen-bond donors (Lipinski definition) is 0. The smallest absolute Gasteiger partial charge is 0.336 e. The Kier molecular flexibility index (Phi) is 5.40. The van der Waals surface area contributed by atoms with Gasteiger partial charge in [0.25, 0.3) is 11.1 Å². The molecule has 0 aliphatic carbocycles. The maximum atomic E-state index is 12.0. The van der Waals surface area contributed by atoms with Crippen molar-refractivity contribution in [3.63, 3.8) is 0 Å². The van der Waals surface area contributed by atoms with Crippen LogP contribution in [0.4, 0.5) is 0 Å². The van der Waals surface area contributed by atoms with Gasteiger partial charge in [0.1, 0.15) is 11.3 Å². The molecule has 0 saturated carbocycles. The van der Waals surface area contributed by atoms with Crippen LogP contribution in [0.15, 0.2) is 61.3 Å². The molecule has 0 aliphatic rings. The lowest BCUT2D eigenvalue weighted by Crippen LogP contribution is -2.01. The summed E-state index contributed by atoms with van der Waals surface area (Å²) in [6.07, 6.45) is 0. The molecule has 29 heavy (non-hydrogen) atoms. The first kappa shape index (κ1) is 19.3. The van der Waals surface area contributed by atoms with Crippen molar-refractivity contribution in [2.75, 3.05) is 6.61 Å². The molecule has 0 N–H and O–H groups in total. The van der Waals surface area contributed by atoms with Gasteiger partial charge < -0.3 is 13.6 Å².